The first kappa shape index (κ1) is 10.6. The maximum absolute atomic E-state index is 5.92. The van der Waals surface area contributed by atoms with E-state index in [4.69, 9.17) is 4.43 Å². The molecule has 0 atom stereocenters. The lowest BCUT2D eigenvalue weighted by Crippen LogP contribution is -2.38. The van der Waals surface area contributed by atoms with Gasteiger partial charge in [0.2, 0.25) is 9.04 Å². The first-order valence-corrected chi connectivity index (χ1v) is 7.21. The van der Waals surface area contributed by atoms with Crippen LogP contribution in [0.4, 0.5) is 0 Å². The van der Waals surface area contributed by atoms with E-state index in [0.717, 1.165) is 13.0 Å². The van der Waals surface area contributed by atoms with E-state index in [1.54, 1.807) is 0 Å². The van der Waals surface area contributed by atoms with E-state index >= 15 is 0 Å². The summed E-state index contributed by atoms with van der Waals surface area (Å²) in [7, 11) is -0.725. The summed E-state index contributed by atoms with van der Waals surface area (Å²) in [5.41, 5.74) is 1.41. The molecule has 0 aliphatic carbocycles. The van der Waals surface area contributed by atoms with E-state index in [1.165, 1.54) is 29.6 Å². The van der Waals surface area contributed by atoms with Crippen LogP contribution in [-0.2, 0) is 10.8 Å². The van der Waals surface area contributed by atoms with Crippen LogP contribution in [0.15, 0.2) is 36.9 Å². The molecule has 1 fully saturated rings. The molecule has 1 aliphatic heterocycles. The summed E-state index contributed by atoms with van der Waals surface area (Å²) < 4.78 is 5.92. The summed E-state index contributed by atoms with van der Waals surface area (Å²) in [6, 6.07) is 9.93. The molecule has 1 saturated heterocycles. The Morgan fingerprint density at radius 3 is 2.93 bits per heavy atom. The molecule has 0 saturated carbocycles. The molecule has 0 spiro atoms. The summed E-state index contributed by atoms with van der Waals surface area (Å²) in [6.07, 6.45) is 5.51. The Balaban J connectivity index is 2.20. The minimum atomic E-state index is -0.725. The smallest absolute Gasteiger partial charge is 0.247 e. The molecule has 1 aliphatic rings. The van der Waals surface area contributed by atoms with Crippen molar-refractivity contribution >= 4 is 14.2 Å². The maximum Gasteiger partial charge on any atom is 0.247 e. The van der Waals surface area contributed by atoms with Crippen LogP contribution in [0, 0.1) is 0 Å². The van der Waals surface area contributed by atoms with Crippen molar-refractivity contribution in [1.29, 1.82) is 0 Å². The van der Waals surface area contributed by atoms with Gasteiger partial charge in [-0.15, -0.1) is 6.58 Å². The highest BCUT2D eigenvalue weighted by atomic mass is 28.3. The predicted molar refractivity (Wildman–Crippen MR) is 65.7 cm³/mol. The van der Waals surface area contributed by atoms with Crippen LogP contribution in [0.5, 0.6) is 0 Å². The summed E-state index contributed by atoms with van der Waals surface area (Å²) in [4.78, 5) is 0. The van der Waals surface area contributed by atoms with Gasteiger partial charge >= 0.3 is 0 Å². The molecule has 1 aromatic rings. The molecular formula is C13H17OSi. The molecule has 0 amide bonds. The quantitative estimate of drug-likeness (QED) is 0.558. The lowest BCUT2D eigenvalue weighted by molar-refractivity contribution is 0.294. The van der Waals surface area contributed by atoms with E-state index in [-0.39, 0.29) is 0 Å². The fourth-order valence-corrected chi connectivity index (χ4v) is 4.35. The molecule has 0 aromatic heterocycles. The summed E-state index contributed by atoms with van der Waals surface area (Å²) in [6.45, 7) is 4.77. The van der Waals surface area contributed by atoms with Gasteiger partial charge in [-0.2, -0.15) is 0 Å². The number of hydrogen-bond donors (Lipinski definition) is 0. The first-order chi connectivity index (χ1) is 7.42. The van der Waals surface area contributed by atoms with Gasteiger partial charge in [-0.25, -0.2) is 0 Å². The highest BCUT2D eigenvalue weighted by Crippen LogP contribution is 2.13. The van der Waals surface area contributed by atoms with Crippen LogP contribution < -0.4 is 5.19 Å². The molecule has 79 valence electrons. The summed E-state index contributed by atoms with van der Waals surface area (Å²) >= 11 is 0. The lowest BCUT2D eigenvalue weighted by Gasteiger charge is -2.22. The Morgan fingerprint density at radius 1 is 1.33 bits per heavy atom. The Labute approximate surface area is 93.5 Å². The monoisotopic (exact) mass is 217 g/mol. The van der Waals surface area contributed by atoms with E-state index in [9.17, 15) is 0 Å². The average molecular weight is 217 g/mol. The zero-order valence-electron chi connectivity index (χ0n) is 9.04. The summed E-state index contributed by atoms with van der Waals surface area (Å²) in [5.74, 6) is 0. The largest absolute Gasteiger partial charge is 0.412 e. The van der Waals surface area contributed by atoms with Crippen molar-refractivity contribution in [1.82, 2.24) is 0 Å². The van der Waals surface area contributed by atoms with Crippen molar-refractivity contribution < 1.29 is 4.43 Å². The second-order valence-corrected chi connectivity index (χ2v) is 6.05. The predicted octanol–water partition coefficient (Wildman–Crippen LogP) is 2.42. The van der Waals surface area contributed by atoms with Gasteiger partial charge in [0.1, 0.15) is 0 Å². The van der Waals surface area contributed by atoms with Crippen molar-refractivity contribution in [3.05, 3.63) is 42.5 Å². The SMILES string of the molecule is C=CCc1ccccc1[Si]1CCCCO1. The molecule has 0 N–H and O–H groups in total. The van der Waals surface area contributed by atoms with Crippen LogP contribution in [0.1, 0.15) is 18.4 Å². The minimum absolute atomic E-state index is 0.725. The number of hydrogen-bond acceptors (Lipinski definition) is 1. The zero-order valence-corrected chi connectivity index (χ0v) is 10.0. The van der Waals surface area contributed by atoms with Crippen LogP contribution in [-0.4, -0.2) is 15.6 Å². The van der Waals surface area contributed by atoms with Crippen molar-refractivity contribution in [2.75, 3.05) is 6.61 Å². The van der Waals surface area contributed by atoms with E-state index in [1.807, 2.05) is 6.08 Å². The van der Waals surface area contributed by atoms with E-state index < -0.39 is 9.04 Å². The minimum Gasteiger partial charge on any atom is -0.412 e. The molecule has 1 radical (unpaired) electrons. The van der Waals surface area contributed by atoms with Gasteiger partial charge < -0.3 is 4.43 Å². The molecular weight excluding hydrogens is 200 g/mol. The van der Waals surface area contributed by atoms with Gasteiger partial charge in [0.25, 0.3) is 0 Å². The van der Waals surface area contributed by atoms with Crippen molar-refractivity contribution in [3.63, 3.8) is 0 Å². The Morgan fingerprint density at radius 2 is 2.20 bits per heavy atom. The maximum atomic E-state index is 5.92. The number of benzene rings is 1. The Kier molecular flexibility index (Phi) is 3.75. The van der Waals surface area contributed by atoms with E-state index in [2.05, 4.69) is 30.8 Å². The third kappa shape index (κ3) is 2.58. The topological polar surface area (TPSA) is 9.23 Å². The average Bonchev–Trinajstić information content (AvgIpc) is 2.31. The normalized spacial score (nSPS) is 17.6. The fourth-order valence-electron chi connectivity index (χ4n) is 1.99. The van der Waals surface area contributed by atoms with Gasteiger partial charge in [0.05, 0.1) is 0 Å². The van der Waals surface area contributed by atoms with Gasteiger partial charge in [0.15, 0.2) is 0 Å². The fraction of sp³-hybridized carbons (Fsp3) is 0.385. The zero-order chi connectivity index (χ0) is 10.5. The molecule has 0 unspecified atom stereocenters. The van der Waals surface area contributed by atoms with Crippen LogP contribution in [0.3, 0.4) is 0 Å². The summed E-state index contributed by atoms with van der Waals surface area (Å²) in [5, 5.41) is 1.46. The molecule has 2 heteroatoms. The molecule has 1 heterocycles. The molecule has 1 nitrogen and oxygen atoms in total. The van der Waals surface area contributed by atoms with Crippen LogP contribution in [0.2, 0.25) is 6.04 Å². The second-order valence-electron chi connectivity index (χ2n) is 3.88. The number of allylic oxidation sites excluding steroid dienone is 1. The standard InChI is InChI=1S/C13H17OSi/c1-2-7-12-8-3-4-9-13(12)15-11-6-5-10-14-15/h2-4,8-9H,1,5-7,10-11H2. The molecule has 1 aromatic carbocycles. The third-order valence-electron chi connectivity index (χ3n) is 2.76. The van der Waals surface area contributed by atoms with Crippen molar-refractivity contribution in [2.45, 2.75) is 25.3 Å². The molecule has 2 rings (SSSR count). The lowest BCUT2D eigenvalue weighted by atomic mass is 10.1. The molecule has 15 heavy (non-hydrogen) atoms. The Bertz CT molecular complexity index is 329. The highest BCUT2D eigenvalue weighted by Gasteiger charge is 2.21. The molecule has 0 bridgehead atoms. The highest BCUT2D eigenvalue weighted by molar-refractivity contribution is 6.68. The van der Waals surface area contributed by atoms with E-state index in [0.29, 0.717) is 0 Å². The van der Waals surface area contributed by atoms with Gasteiger partial charge in [-0.3, -0.25) is 0 Å². The van der Waals surface area contributed by atoms with Gasteiger partial charge in [-0.1, -0.05) is 36.8 Å². The first-order valence-electron chi connectivity index (χ1n) is 5.59. The van der Waals surface area contributed by atoms with Gasteiger partial charge in [0, 0.05) is 6.61 Å². The number of rotatable bonds is 3. The third-order valence-corrected chi connectivity index (χ3v) is 5.21. The van der Waals surface area contributed by atoms with Crippen molar-refractivity contribution in [3.8, 4) is 0 Å². The van der Waals surface area contributed by atoms with Crippen LogP contribution >= 0.6 is 0 Å². The van der Waals surface area contributed by atoms with Gasteiger partial charge in [-0.05, 0) is 29.6 Å². The Hall–Kier alpha value is -0.863. The van der Waals surface area contributed by atoms with Crippen LogP contribution in [0.25, 0.3) is 0 Å². The second kappa shape index (κ2) is 5.28. The van der Waals surface area contributed by atoms with Crippen molar-refractivity contribution in [2.24, 2.45) is 0 Å².